The Hall–Kier alpha value is -1.36. The van der Waals surface area contributed by atoms with E-state index < -0.39 is 0 Å². The van der Waals surface area contributed by atoms with Crippen LogP contribution in [0.5, 0.6) is 0 Å². The lowest BCUT2D eigenvalue weighted by Crippen LogP contribution is -2.37. The molecule has 110 valence electrons. The molecule has 2 aliphatic heterocycles. The van der Waals surface area contributed by atoms with Crippen LogP contribution in [0.2, 0.25) is 0 Å². The molecule has 0 aliphatic carbocycles. The Morgan fingerprint density at radius 1 is 1.40 bits per heavy atom. The number of piperidine rings is 1. The van der Waals surface area contributed by atoms with Gasteiger partial charge in [-0.05, 0) is 38.1 Å². The second kappa shape index (κ2) is 5.95. The molecule has 1 unspecified atom stereocenters. The zero-order valence-electron chi connectivity index (χ0n) is 12.2. The molecule has 5 heteroatoms. The van der Waals surface area contributed by atoms with Crippen LogP contribution in [0.15, 0.2) is 17.1 Å². The van der Waals surface area contributed by atoms with Gasteiger partial charge in [0.25, 0.3) is 5.56 Å². The molecular formula is C15H24N4O. The van der Waals surface area contributed by atoms with Crippen LogP contribution >= 0.6 is 0 Å². The molecule has 0 aromatic carbocycles. The maximum absolute atomic E-state index is 12.2. The zero-order chi connectivity index (χ0) is 13.9. The summed E-state index contributed by atoms with van der Waals surface area (Å²) in [7, 11) is 0. The lowest BCUT2D eigenvalue weighted by molar-refractivity contribution is 0.441. The van der Waals surface area contributed by atoms with E-state index in [9.17, 15) is 4.79 Å². The number of rotatable bonds is 3. The third-order valence-corrected chi connectivity index (χ3v) is 4.43. The highest BCUT2D eigenvalue weighted by atomic mass is 16.1. The fourth-order valence-electron chi connectivity index (χ4n) is 3.28. The first-order valence-electron chi connectivity index (χ1n) is 7.78. The van der Waals surface area contributed by atoms with Crippen LogP contribution in [-0.4, -0.2) is 35.5 Å². The van der Waals surface area contributed by atoms with Crippen LogP contribution in [0.4, 0.5) is 5.69 Å². The summed E-state index contributed by atoms with van der Waals surface area (Å²) in [5.74, 6) is 0.703. The third-order valence-electron chi connectivity index (χ3n) is 4.43. The average molecular weight is 276 g/mol. The van der Waals surface area contributed by atoms with Gasteiger partial charge >= 0.3 is 0 Å². The van der Waals surface area contributed by atoms with E-state index in [0.717, 1.165) is 31.7 Å². The van der Waals surface area contributed by atoms with Gasteiger partial charge in [0.2, 0.25) is 0 Å². The normalized spacial score (nSPS) is 26.9. The van der Waals surface area contributed by atoms with Gasteiger partial charge in [-0.1, -0.05) is 6.92 Å². The molecule has 2 saturated heterocycles. The minimum atomic E-state index is 0.0226. The second-order valence-corrected chi connectivity index (χ2v) is 6.22. The molecule has 3 rings (SSSR count). The van der Waals surface area contributed by atoms with Gasteiger partial charge in [0.15, 0.2) is 0 Å². The van der Waals surface area contributed by atoms with Crippen molar-refractivity contribution in [3.63, 3.8) is 0 Å². The summed E-state index contributed by atoms with van der Waals surface area (Å²) in [5, 5.41) is 7.77. The Morgan fingerprint density at radius 3 is 3.00 bits per heavy atom. The largest absolute Gasteiger partial charge is 0.370 e. The minimum absolute atomic E-state index is 0.0226. The molecule has 5 nitrogen and oxygen atoms in total. The maximum Gasteiger partial charge on any atom is 0.268 e. The van der Waals surface area contributed by atoms with Crippen LogP contribution in [0.1, 0.15) is 32.6 Å². The van der Waals surface area contributed by atoms with Gasteiger partial charge in [-0.15, -0.1) is 0 Å². The first-order chi connectivity index (χ1) is 9.72. The molecule has 20 heavy (non-hydrogen) atoms. The topological polar surface area (TPSA) is 50.2 Å². The second-order valence-electron chi connectivity index (χ2n) is 6.22. The summed E-state index contributed by atoms with van der Waals surface area (Å²) in [6.07, 6.45) is 6.68. The van der Waals surface area contributed by atoms with Gasteiger partial charge in [-0.25, -0.2) is 4.68 Å². The Morgan fingerprint density at radius 2 is 2.30 bits per heavy atom. The van der Waals surface area contributed by atoms with Gasteiger partial charge in [0.05, 0.1) is 18.4 Å². The predicted octanol–water partition coefficient (Wildman–Crippen LogP) is 1.23. The summed E-state index contributed by atoms with van der Waals surface area (Å²) in [4.78, 5) is 14.5. The Labute approximate surface area is 120 Å². The van der Waals surface area contributed by atoms with E-state index in [4.69, 9.17) is 0 Å². The fraction of sp³-hybridized carbons (Fsp3) is 0.733. The zero-order valence-corrected chi connectivity index (χ0v) is 12.2. The molecule has 0 spiro atoms. The number of hydrogen-bond donors (Lipinski definition) is 1. The van der Waals surface area contributed by atoms with Crippen molar-refractivity contribution >= 4 is 5.69 Å². The molecule has 0 bridgehead atoms. The summed E-state index contributed by atoms with van der Waals surface area (Å²) in [6, 6.07) is 2.15. The van der Waals surface area contributed by atoms with Crippen molar-refractivity contribution in [1.82, 2.24) is 15.1 Å². The lowest BCUT2D eigenvalue weighted by atomic mass is 10.00. The van der Waals surface area contributed by atoms with Crippen molar-refractivity contribution in [2.75, 3.05) is 24.5 Å². The minimum Gasteiger partial charge on any atom is -0.370 e. The van der Waals surface area contributed by atoms with Gasteiger partial charge in [0.1, 0.15) is 0 Å². The van der Waals surface area contributed by atoms with E-state index in [1.807, 2.05) is 6.20 Å². The molecule has 0 saturated carbocycles. The van der Waals surface area contributed by atoms with Crippen molar-refractivity contribution in [2.45, 2.75) is 45.2 Å². The molecule has 0 amide bonds. The third kappa shape index (κ3) is 3.03. The summed E-state index contributed by atoms with van der Waals surface area (Å²) in [5.41, 5.74) is 1.01. The molecule has 0 radical (unpaired) electrons. The highest BCUT2D eigenvalue weighted by Gasteiger charge is 2.19. The van der Waals surface area contributed by atoms with Crippen LogP contribution in [0.3, 0.4) is 0 Å². The molecule has 2 aliphatic rings. The van der Waals surface area contributed by atoms with E-state index in [2.05, 4.69) is 22.2 Å². The number of hydrogen-bond acceptors (Lipinski definition) is 4. The van der Waals surface area contributed by atoms with E-state index in [-0.39, 0.29) is 5.56 Å². The van der Waals surface area contributed by atoms with Gasteiger partial charge < -0.3 is 10.2 Å². The molecule has 1 N–H and O–H groups in total. The molecular weight excluding hydrogens is 252 g/mol. The van der Waals surface area contributed by atoms with Crippen molar-refractivity contribution < 1.29 is 0 Å². The smallest absolute Gasteiger partial charge is 0.268 e. The summed E-state index contributed by atoms with van der Waals surface area (Å²) < 4.78 is 1.60. The van der Waals surface area contributed by atoms with E-state index in [0.29, 0.717) is 18.5 Å². The number of anilines is 1. The van der Waals surface area contributed by atoms with Gasteiger partial charge in [-0.3, -0.25) is 4.79 Å². The molecule has 1 aromatic rings. The quantitative estimate of drug-likeness (QED) is 0.902. The van der Waals surface area contributed by atoms with Crippen molar-refractivity contribution in [2.24, 2.45) is 5.92 Å². The van der Waals surface area contributed by atoms with Crippen LogP contribution in [0, 0.1) is 5.92 Å². The summed E-state index contributed by atoms with van der Waals surface area (Å²) in [6.45, 7) is 6.10. The molecule has 1 aromatic heterocycles. The Kier molecular flexibility index (Phi) is 4.05. The maximum atomic E-state index is 12.2. The monoisotopic (exact) mass is 276 g/mol. The first kappa shape index (κ1) is 13.6. The SMILES string of the molecule is CC1CCCN(c2cnn(C[C@@H]3CCCN3)c(=O)c2)C1. The highest BCUT2D eigenvalue weighted by molar-refractivity contribution is 5.43. The standard InChI is InChI=1S/C15H24N4O/c1-12-4-3-7-18(10-12)14-8-15(20)19(17-9-14)11-13-5-2-6-16-13/h8-9,12-13,16H,2-7,10-11H2,1H3/t12?,13-/m0/s1. The van der Waals surface area contributed by atoms with E-state index >= 15 is 0 Å². The van der Waals surface area contributed by atoms with Crippen LogP contribution in [0.25, 0.3) is 0 Å². The number of nitrogens with zero attached hydrogens (tertiary/aromatic N) is 3. The first-order valence-corrected chi connectivity index (χ1v) is 7.78. The number of aromatic nitrogens is 2. The average Bonchev–Trinajstić information content (AvgIpc) is 2.94. The van der Waals surface area contributed by atoms with Crippen LogP contribution < -0.4 is 15.8 Å². The highest BCUT2D eigenvalue weighted by Crippen LogP contribution is 2.20. The lowest BCUT2D eigenvalue weighted by Gasteiger charge is -2.32. The fourth-order valence-corrected chi connectivity index (χ4v) is 3.28. The van der Waals surface area contributed by atoms with Gasteiger partial charge in [0, 0.05) is 25.2 Å². The molecule has 2 fully saturated rings. The molecule has 2 atom stereocenters. The van der Waals surface area contributed by atoms with E-state index in [1.165, 1.54) is 19.3 Å². The summed E-state index contributed by atoms with van der Waals surface area (Å²) >= 11 is 0. The van der Waals surface area contributed by atoms with E-state index in [1.54, 1.807) is 10.7 Å². The predicted molar refractivity (Wildman–Crippen MR) is 80.1 cm³/mol. The Balaban J connectivity index is 1.71. The number of nitrogens with one attached hydrogen (secondary N) is 1. The molecule has 3 heterocycles. The van der Waals surface area contributed by atoms with Crippen molar-refractivity contribution in [1.29, 1.82) is 0 Å². The van der Waals surface area contributed by atoms with Gasteiger partial charge in [-0.2, -0.15) is 5.10 Å². The van der Waals surface area contributed by atoms with Crippen molar-refractivity contribution in [3.8, 4) is 0 Å². The van der Waals surface area contributed by atoms with Crippen LogP contribution in [-0.2, 0) is 6.54 Å². The Bertz CT molecular complexity index is 507. The van der Waals surface area contributed by atoms with Crippen molar-refractivity contribution in [3.05, 3.63) is 22.6 Å².